The number of phenolic OH excluding ortho intramolecular Hbond substituents is 1. The second-order valence-electron chi connectivity index (χ2n) is 5.41. The smallest absolute Gasteiger partial charge is 0.337 e. The molecule has 0 fully saturated rings. The minimum Gasteiger partial charge on any atom is -0.508 e. The van der Waals surface area contributed by atoms with E-state index in [4.69, 9.17) is 5.11 Å². The fourth-order valence-electron chi connectivity index (χ4n) is 2.46. The standard InChI is InChI=1S/C16H18N2O7/c1-8-5-11(9(15(22)23)6-12(8)20)17-13-10(16(24)25-2)7-18(3-4-19)14(13)21/h5-6,17,19-20H,3-4,7H2,1-2H3,(H,22,23). The second kappa shape index (κ2) is 7.22. The quantitative estimate of drug-likeness (QED) is 0.418. The summed E-state index contributed by atoms with van der Waals surface area (Å²) in [6.07, 6.45) is 0. The number of phenols is 1. The van der Waals surface area contributed by atoms with Crippen molar-refractivity contribution in [3.05, 3.63) is 34.5 Å². The number of ether oxygens (including phenoxy) is 1. The number of anilines is 1. The lowest BCUT2D eigenvalue weighted by Gasteiger charge is -2.16. The Balaban J connectivity index is 2.48. The van der Waals surface area contributed by atoms with Crippen molar-refractivity contribution in [3.63, 3.8) is 0 Å². The molecule has 1 aromatic carbocycles. The van der Waals surface area contributed by atoms with Gasteiger partial charge in [-0.2, -0.15) is 0 Å². The van der Waals surface area contributed by atoms with Crippen LogP contribution in [0, 0.1) is 6.92 Å². The zero-order chi connectivity index (χ0) is 18.7. The Bertz CT molecular complexity index is 770. The van der Waals surface area contributed by atoms with E-state index in [0.29, 0.717) is 5.56 Å². The highest BCUT2D eigenvalue weighted by atomic mass is 16.5. The maximum absolute atomic E-state index is 12.5. The average molecular weight is 350 g/mol. The summed E-state index contributed by atoms with van der Waals surface area (Å²) < 4.78 is 4.66. The van der Waals surface area contributed by atoms with Gasteiger partial charge in [-0.1, -0.05) is 0 Å². The molecule has 4 N–H and O–H groups in total. The Morgan fingerprint density at radius 2 is 2.04 bits per heavy atom. The number of aryl methyl sites for hydroxylation is 1. The summed E-state index contributed by atoms with van der Waals surface area (Å²) in [5, 5.41) is 30.7. The number of aliphatic hydroxyl groups excluding tert-OH is 1. The molecule has 9 nitrogen and oxygen atoms in total. The summed E-state index contributed by atoms with van der Waals surface area (Å²) >= 11 is 0. The van der Waals surface area contributed by atoms with E-state index in [2.05, 4.69) is 10.1 Å². The fourth-order valence-corrected chi connectivity index (χ4v) is 2.46. The lowest BCUT2D eigenvalue weighted by atomic mass is 10.1. The Labute approximate surface area is 143 Å². The summed E-state index contributed by atoms with van der Waals surface area (Å²) in [5.41, 5.74) is 0.105. The van der Waals surface area contributed by atoms with Crippen LogP contribution in [0.5, 0.6) is 5.75 Å². The van der Waals surface area contributed by atoms with Gasteiger partial charge in [-0.25, -0.2) is 9.59 Å². The molecule has 0 saturated heterocycles. The van der Waals surface area contributed by atoms with Gasteiger partial charge in [0, 0.05) is 6.54 Å². The van der Waals surface area contributed by atoms with Crippen molar-refractivity contribution in [1.29, 1.82) is 0 Å². The predicted octanol–water partition coefficient (Wildman–Crippen LogP) is 0.0723. The number of carbonyl (C=O) groups is 3. The molecule has 1 aliphatic heterocycles. The molecule has 0 bridgehead atoms. The van der Waals surface area contributed by atoms with E-state index in [1.54, 1.807) is 6.92 Å². The molecule has 0 atom stereocenters. The number of aliphatic hydroxyl groups is 1. The number of nitrogens with one attached hydrogen (secondary N) is 1. The van der Waals surface area contributed by atoms with Crippen molar-refractivity contribution in [1.82, 2.24) is 4.90 Å². The van der Waals surface area contributed by atoms with Gasteiger partial charge in [0.1, 0.15) is 11.4 Å². The summed E-state index contributed by atoms with van der Waals surface area (Å²) in [5.74, 6) is -2.80. The predicted molar refractivity (Wildman–Crippen MR) is 86.1 cm³/mol. The van der Waals surface area contributed by atoms with Crippen LogP contribution in [0.15, 0.2) is 23.4 Å². The fraction of sp³-hybridized carbons (Fsp3) is 0.312. The number of hydrogen-bond acceptors (Lipinski definition) is 7. The number of benzene rings is 1. The lowest BCUT2D eigenvalue weighted by Crippen LogP contribution is -2.31. The maximum atomic E-state index is 12.5. The molecule has 134 valence electrons. The van der Waals surface area contributed by atoms with Gasteiger partial charge in [-0.05, 0) is 24.6 Å². The minimum atomic E-state index is -1.31. The van der Waals surface area contributed by atoms with Crippen molar-refractivity contribution < 1.29 is 34.4 Å². The lowest BCUT2D eigenvalue weighted by molar-refractivity contribution is -0.136. The zero-order valence-corrected chi connectivity index (χ0v) is 13.7. The van der Waals surface area contributed by atoms with Crippen LogP contribution in [0.4, 0.5) is 5.69 Å². The first-order valence-corrected chi connectivity index (χ1v) is 7.35. The summed E-state index contributed by atoms with van der Waals surface area (Å²) in [6, 6.07) is 2.42. The van der Waals surface area contributed by atoms with E-state index < -0.39 is 17.8 Å². The topological polar surface area (TPSA) is 136 Å². The van der Waals surface area contributed by atoms with Crippen molar-refractivity contribution in [2.45, 2.75) is 6.92 Å². The van der Waals surface area contributed by atoms with Crippen LogP contribution in [0.25, 0.3) is 0 Å². The first-order chi connectivity index (χ1) is 11.8. The van der Waals surface area contributed by atoms with Gasteiger partial charge in [-0.15, -0.1) is 0 Å². The number of amides is 1. The normalized spacial score (nSPS) is 14.0. The number of hydrogen-bond donors (Lipinski definition) is 4. The van der Waals surface area contributed by atoms with E-state index in [0.717, 1.165) is 6.07 Å². The molecule has 0 aliphatic carbocycles. The van der Waals surface area contributed by atoms with Gasteiger partial charge in [-0.3, -0.25) is 4.79 Å². The van der Waals surface area contributed by atoms with Crippen LogP contribution >= 0.6 is 0 Å². The highest BCUT2D eigenvalue weighted by Gasteiger charge is 2.35. The highest BCUT2D eigenvalue weighted by Crippen LogP contribution is 2.29. The molecule has 9 heteroatoms. The van der Waals surface area contributed by atoms with E-state index in [1.165, 1.54) is 18.1 Å². The van der Waals surface area contributed by atoms with Gasteiger partial charge >= 0.3 is 11.9 Å². The van der Waals surface area contributed by atoms with E-state index in [1.807, 2.05) is 0 Å². The Morgan fingerprint density at radius 3 is 2.60 bits per heavy atom. The van der Waals surface area contributed by atoms with Crippen molar-refractivity contribution in [2.75, 3.05) is 32.1 Å². The third-order valence-corrected chi connectivity index (χ3v) is 3.78. The van der Waals surface area contributed by atoms with Gasteiger partial charge in [0.25, 0.3) is 5.91 Å². The van der Waals surface area contributed by atoms with Gasteiger partial charge in [0.05, 0.1) is 37.1 Å². The number of aromatic hydroxyl groups is 1. The number of aromatic carboxylic acids is 1. The molecule has 0 radical (unpaired) electrons. The van der Waals surface area contributed by atoms with E-state index >= 15 is 0 Å². The minimum absolute atomic E-state index is 0.0188. The van der Waals surface area contributed by atoms with Crippen LogP contribution < -0.4 is 5.32 Å². The zero-order valence-electron chi connectivity index (χ0n) is 13.7. The first kappa shape index (κ1) is 18.3. The van der Waals surface area contributed by atoms with Gasteiger partial charge < -0.3 is 30.3 Å². The summed E-state index contributed by atoms with van der Waals surface area (Å²) in [4.78, 5) is 37.0. The Morgan fingerprint density at radius 1 is 1.36 bits per heavy atom. The molecular formula is C16H18N2O7. The molecule has 1 aliphatic rings. The number of carboxylic acids is 1. The third kappa shape index (κ3) is 3.56. The van der Waals surface area contributed by atoms with Crippen LogP contribution in [-0.2, 0) is 14.3 Å². The van der Waals surface area contributed by atoms with E-state index in [9.17, 15) is 24.6 Å². The second-order valence-corrected chi connectivity index (χ2v) is 5.41. The van der Waals surface area contributed by atoms with Crippen molar-refractivity contribution in [3.8, 4) is 5.75 Å². The summed E-state index contributed by atoms with van der Waals surface area (Å²) in [7, 11) is 1.17. The van der Waals surface area contributed by atoms with Crippen molar-refractivity contribution in [2.24, 2.45) is 0 Å². The average Bonchev–Trinajstić information content (AvgIpc) is 2.87. The molecule has 0 unspecified atom stereocenters. The van der Waals surface area contributed by atoms with E-state index in [-0.39, 0.29) is 48.0 Å². The maximum Gasteiger partial charge on any atom is 0.337 e. The number of carbonyl (C=O) groups excluding carboxylic acids is 2. The summed E-state index contributed by atoms with van der Waals surface area (Å²) in [6.45, 7) is 1.24. The first-order valence-electron chi connectivity index (χ1n) is 7.35. The molecule has 1 amide bonds. The molecule has 0 spiro atoms. The SMILES string of the molecule is COC(=O)C1=C(Nc2cc(C)c(O)cc2C(=O)O)C(=O)N(CCO)C1. The third-order valence-electron chi connectivity index (χ3n) is 3.78. The monoisotopic (exact) mass is 350 g/mol. The molecule has 1 heterocycles. The number of carboxylic acid groups (broad SMARTS) is 1. The van der Waals surface area contributed by atoms with Crippen LogP contribution in [-0.4, -0.2) is 64.9 Å². The van der Waals surface area contributed by atoms with Gasteiger partial charge in [0.15, 0.2) is 0 Å². The molecular weight excluding hydrogens is 332 g/mol. The van der Waals surface area contributed by atoms with Gasteiger partial charge in [0.2, 0.25) is 0 Å². The Kier molecular flexibility index (Phi) is 5.28. The van der Waals surface area contributed by atoms with Crippen LogP contribution in [0.3, 0.4) is 0 Å². The molecule has 2 rings (SSSR count). The number of rotatable bonds is 6. The number of esters is 1. The molecule has 1 aromatic rings. The molecule has 0 saturated carbocycles. The number of methoxy groups -OCH3 is 1. The molecule has 0 aromatic heterocycles. The number of nitrogens with zero attached hydrogens (tertiary/aromatic N) is 1. The van der Waals surface area contributed by atoms with Crippen molar-refractivity contribution >= 4 is 23.5 Å². The highest BCUT2D eigenvalue weighted by molar-refractivity contribution is 6.09. The molecule has 25 heavy (non-hydrogen) atoms. The van der Waals surface area contributed by atoms with Crippen LogP contribution in [0.2, 0.25) is 0 Å². The number of β-amino-alcohol motifs (C(OH)–C–C–N with tert-alkyl or cyclic N) is 1. The Hall–Kier alpha value is -3.07. The largest absolute Gasteiger partial charge is 0.508 e. The van der Waals surface area contributed by atoms with Crippen LogP contribution in [0.1, 0.15) is 15.9 Å².